The average molecular weight is 530 g/mol. The van der Waals surface area contributed by atoms with E-state index in [1.165, 1.54) is 0 Å². The average Bonchev–Trinajstić information content (AvgIpc) is 3.47. The first-order valence-corrected chi connectivity index (χ1v) is 13.9. The zero-order valence-corrected chi connectivity index (χ0v) is 22.5. The molecule has 7 rings (SSSR count). The Morgan fingerprint density at radius 3 is 2.67 bits per heavy atom. The lowest BCUT2D eigenvalue weighted by molar-refractivity contribution is -0.0309. The minimum Gasteiger partial charge on any atom is -0.390 e. The number of anilines is 4. The van der Waals surface area contributed by atoms with Crippen molar-refractivity contribution in [2.45, 2.75) is 63.3 Å². The van der Waals surface area contributed by atoms with Crippen molar-refractivity contribution in [3.8, 4) is 6.07 Å². The second-order valence-corrected chi connectivity index (χ2v) is 12.1. The number of fused-ring (bicyclic) bond motifs is 2. The second-order valence-electron chi connectivity index (χ2n) is 12.1. The van der Waals surface area contributed by atoms with Crippen molar-refractivity contribution in [2.75, 3.05) is 47.5 Å². The van der Waals surface area contributed by atoms with Gasteiger partial charge in [-0.2, -0.15) is 10.4 Å². The molecule has 3 aliphatic heterocycles. The van der Waals surface area contributed by atoms with E-state index in [1.54, 1.807) is 0 Å². The van der Waals surface area contributed by atoms with Gasteiger partial charge in [0, 0.05) is 43.7 Å². The summed E-state index contributed by atoms with van der Waals surface area (Å²) in [5.74, 6) is 1.57. The van der Waals surface area contributed by atoms with Crippen molar-refractivity contribution in [1.82, 2.24) is 20.2 Å². The maximum atomic E-state index is 10.3. The van der Waals surface area contributed by atoms with Gasteiger partial charge in [-0.1, -0.05) is 0 Å². The lowest BCUT2D eigenvalue weighted by Gasteiger charge is -2.50. The number of ether oxygens (including phenoxy) is 1. The standard InChI is InChI=1S/C28H35N9O2/c1-17-24(30)28(16-39-17)5-7-35(8-6-28)22-15-31-23-25(32-22)33-34-26(23)37-10-9-36(19-12-27(2,38)13-19)21-11-18(14-29)3-4-20(21)37/h3-4,11,15,17,19,24,38H,5-10,12-13,16,30H2,1-2H3,(H,32,33,34)/t17-,19?,24+,27?/m0/s1. The molecule has 0 amide bonds. The highest BCUT2D eigenvalue weighted by Gasteiger charge is 2.48. The predicted molar refractivity (Wildman–Crippen MR) is 148 cm³/mol. The van der Waals surface area contributed by atoms with Crippen LogP contribution in [0.25, 0.3) is 11.2 Å². The quantitative estimate of drug-likeness (QED) is 0.463. The van der Waals surface area contributed by atoms with E-state index >= 15 is 0 Å². The molecule has 0 bridgehead atoms. The van der Waals surface area contributed by atoms with Gasteiger partial charge in [-0.25, -0.2) is 9.97 Å². The Kier molecular flexibility index (Phi) is 5.53. The van der Waals surface area contributed by atoms with Gasteiger partial charge in [-0.3, -0.25) is 5.10 Å². The molecule has 11 heteroatoms. The topological polar surface area (TPSA) is 143 Å². The number of hydrogen-bond acceptors (Lipinski definition) is 10. The molecule has 3 fully saturated rings. The Hall–Kier alpha value is -3.46. The number of hydrogen-bond donors (Lipinski definition) is 3. The van der Waals surface area contributed by atoms with Crippen molar-refractivity contribution in [2.24, 2.45) is 11.1 Å². The van der Waals surface area contributed by atoms with E-state index in [0.717, 1.165) is 87.0 Å². The van der Waals surface area contributed by atoms with E-state index in [4.69, 9.17) is 20.4 Å². The number of aromatic nitrogens is 4. The zero-order valence-electron chi connectivity index (χ0n) is 22.5. The Morgan fingerprint density at radius 2 is 1.97 bits per heavy atom. The molecule has 204 valence electrons. The fourth-order valence-electron chi connectivity index (χ4n) is 7.05. The van der Waals surface area contributed by atoms with Gasteiger partial charge in [0.1, 0.15) is 5.82 Å². The Bertz CT molecular complexity index is 1450. The molecular formula is C28H35N9O2. The van der Waals surface area contributed by atoms with Gasteiger partial charge < -0.3 is 30.3 Å². The number of aromatic amines is 1. The largest absolute Gasteiger partial charge is 0.390 e. The van der Waals surface area contributed by atoms with Crippen LogP contribution in [0.15, 0.2) is 24.4 Å². The number of benzene rings is 1. The van der Waals surface area contributed by atoms with Gasteiger partial charge in [-0.05, 0) is 57.7 Å². The third kappa shape index (κ3) is 3.92. The van der Waals surface area contributed by atoms with Crippen LogP contribution in [0.3, 0.4) is 0 Å². The van der Waals surface area contributed by atoms with Gasteiger partial charge in [-0.15, -0.1) is 0 Å². The highest BCUT2D eigenvalue weighted by atomic mass is 16.5. The summed E-state index contributed by atoms with van der Waals surface area (Å²) in [6.45, 7) is 7.92. The van der Waals surface area contributed by atoms with Crippen molar-refractivity contribution >= 4 is 34.2 Å². The van der Waals surface area contributed by atoms with Crippen molar-refractivity contribution < 1.29 is 9.84 Å². The molecule has 2 saturated heterocycles. The Labute approximate surface area is 227 Å². The van der Waals surface area contributed by atoms with E-state index in [-0.39, 0.29) is 23.6 Å². The number of nitrogens with two attached hydrogens (primary N) is 1. The summed E-state index contributed by atoms with van der Waals surface area (Å²) < 4.78 is 5.87. The summed E-state index contributed by atoms with van der Waals surface area (Å²) in [6.07, 6.45) is 5.36. The molecule has 0 unspecified atom stereocenters. The fourth-order valence-corrected chi connectivity index (χ4v) is 7.05. The smallest absolute Gasteiger partial charge is 0.183 e. The number of rotatable bonds is 3. The third-order valence-electron chi connectivity index (χ3n) is 9.49. The molecule has 0 radical (unpaired) electrons. The monoisotopic (exact) mass is 529 g/mol. The van der Waals surface area contributed by atoms with Gasteiger partial charge in [0.2, 0.25) is 0 Å². The normalized spacial score (nSPS) is 29.9. The molecule has 4 aliphatic rings. The minimum absolute atomic E-state index is 0.0604. The van der Waals surface area contributed by atoms with Gasteiger partial charge >= 0.3 is 0 Å². The van der Waals surface area contributed by atoms with Crippen molar-refractivity contribution in [1.29, 1.82) is 5.26 Å². The SMILES string of the molecule is C[C@@H]1OCC2(CCN(c3cnc4c(N5CCN(C6CC(C)(O)C6)c6cc(C#N)ccc65)n[nH]c4n3)CC2)[C@@H]1N. The lowest BCUT2D eigenvalue weighted by atomic mass is 9.73. The number of nitrogens with one attached hydrogen (secondary N) is 1. The molecule has 39 heavy (non-hydrogen) atoms. The predicted octanol–water partition coefficient (Wildman–Crippen LogP) is 2.43. The first-order chi connectivity index (χ1) is 18.8. The van der Waals surface area contributed by atoms with E-state index in [0.29, 0.717) is 11.2 Å². The maximum Gasteiger partial charge on any atom is 0.183 e. The third-order valence-corrected chi connectivity index (χ3v) is 9.49. The number of H-pyrrole nitrogens is 1. The van der Waals surface area contributed by atoms with Crippen molar-refractivity contribution in [3.63, 3.8) is 0 Å². The van der Waals surface area contributed by atoms with Gasteiger partial charge in [0.15, 0.2) is 17.0 Å². The highest BCUT2D eigenvalue weighted by Crippen LogP contribution is 2.45. The summed E-state index contributed by atoms with van der Waals surface area (Å²) in [4.78, 5) is 16.5. The molecular weight excluding hydrogens is 494 g/mol. The van der Waals surface area contributed by atoms with Crippen molar-refractivity contribution in [3.05, 3.63) is 30.0 Å². The molecule has 2 atom stereocenters. The molecule has 1 aromatic carbocycles. The number of aliphatic hydroxyl groups is 1. The van der Waals surface area contributed by atoms with Crippen LogP contribution in [0.1, 0.15) is 45.1 Å². The van der Waals surface area contributed by atoms with Crippen LogP contribution >= 0.6 is 0 Å². The summed E-state index contributed by atoms with van der Waals surface area (Å²) >= 11 is 0. The number of nitriles is 1. The fraction of sp³-hybridized carbons (Fsp3) is 0.571. The molecule has 3 aromatic rings. The molecule has 1 spiro atoms. The highest BCUT2D eigenvalue weighted by molar-refractivity contribution is 5.90. The molecule has 11 nitrogen and oxygen atoms in total. The molecule has 2 aromatic heterocycles. The van der Waals surface area contributed by atoms with Crippen LogP contribution in [0.4, 0.5) is 23.0 Å². The van der Waals surface area contributed by atoms with Crippen LogP contribution in [0, 0.1) is 16.7 Å². The van der Waals surface area contributed by atoms with Crippen LogP contribution < -0.4 is 20.4 Å². The summed E-state index contributed by atoms with van der Waals surface area (Å²) in [6, 6.07) is 8.37. The number of nitrogens with zero attached hydrogens (tertiary/aromatic N) is 7. The van der Waals surface area contributed by atoms with Gasteiger partial charge in [0.05, 0.1) is 47.5 Å². The Balaban J connectivity index is 1.15. The molecule has 5 heterocycles. The van der Waals surface area contributed by atoms with Gasteiger partial charge in [0.25, 0.3) is 0 Å². The number of piperidine rings is 1. The first-order valence-electron chi connectivity index (χ1n) is 13.9. The zero-order chi connectivity index (χ0) is 26.9. The molecule has 1 saturated carbocycles. The first kappa shape index (κ1) is 24.6. The van der Waals surface area contributed by atoms with Crippen LogP contribution in [-0.2, 0) is 4.74 Å². The van der Waals surface area contributed by atoms with E-state index in [1.807, 2.05) is 31.3 Å². The summed E-state index contributed by atoms with van der Waals surface area (Å²) in [5.41, 5.74) is 9.91. The van der Waals surface area contributed by atoms with Crippen LogP contribution in [0.2, 0.25) is 0 Å². The van der Waals surface area contributed by atoms with E-state index < -0.39 is 5.60 Å². The van der Waals surface area contributed by atoms with E-state index in [9.17, 15) is 10.4 Å². The summed E-state index contributed by atoms with van der Waals surface area (Å²) in [5, 5.41) is 27.7. The van der Waals surface area contributed by atoms with Crippen LogP contribution in [-0.4, -0.2) is 81.8 Å². The maximum absolute atomic E-state index is 10.3. The molecule has 1 aliphatic carbocycles. The minimum atomic E-state index is -0.620. The van der Waals surface area contributed by atoms with E-state index in [2.05, 4.69) is 37.9 Å². The Morgan fingerprint density at radius 1 is 1.18 bits per heavy atom. The molecule has 4 N–H and O–H groups in total. The summed E-state index contributed by atoms with van der Waals surface area (Å²) in [7, 11) is 0. The second kappa shape index (κ2) is 8.78. The lowest BCUT2D eigenvalue weighted by Crippen LogP contribution is -2.56. The van der Waals surface area contributed by atoms with Crippen LogP contribution in [0.5, 0.6) is 0 Å².